The van der Waals surface area contributed by atoms with Gasteiger partial charge >= 0.3 is 0 Å². The molecule has 0 saturated heterocycles. The quantitative estimate of drug-likeness (QED) is 0.178. The highest BCUT2D eigenvalue weighted by molar-refractivity contribution is 8.93. The number of thiazole rings is 1. The van der Waals surface area contributed by atoms with E-state index in [-0.39, 0.29) is 22.4 Å². The zero-order valence-electron chi connectivity index (χ0n) is 22.3. The summed E-state index contributed by atoms with van der Waals surface area (Å²) in [5, 5.41) is 4.89. The predicted molar refractivity (Wildman–Crippen MR) is 167 cm³/mol. The Bertz CT molecular complexity index is 1620. The molecule has 4 aromatic carbocycles. The van der Waals surface area contributed by atoms with E-state index in [2.05, 4.69) is 76.7 Å². The van der Waals surface area contributed by atoms with Crippen LogP contribution in [0.2, 0.25) is 0 Å². The number of aromatic nitrogens is 1. The van der Waals surface area contributed by atoms with Crippen molar-refractivity contribution in [3.63, 3.8) is 0 Å². The minimum atomic E-state index is -0.0360. The molecule has 0 radical (unpaired) electrons. The third-order valence-electron chi connectivity index (χ3n) is 7.49. The molecule has 1 aliphatic rings. The molecule has 0 bridgehead atoms. The molecular weight excluding hydrogens is 568 g/mol. The van der Waals surface area contributed by atoms with Gasteiger partial charge in [-0.1, -0.05) is 48.9 Å². The van der Waals surface area contributed by atoms with Crippen LogP contribution in [0.5, 0.6) is 11.5 Å². The van der Waals surface area contributed by atoms with Gasteiger partial charge in [0.1, 0.15) is 11.5 Å². The van der Waals surface area contributed by atoms with E-state index in [9.17, 15) is 0 Å². The van der Waals surface area contributed by atoms with E-state index in [0.717, 1.165) is 40.5 Å². The number of benzene rings is 4. The summed E-state index contributed by atoms with van der Waals surface area (Å²) in [6.45, 7) is 5.31. The molecule has 39 heavy (non-hydrogen) atoms. The van der Waals surface area contributed by atoms with Crippen LogP contribution in [0.4, 0.5) is 5.69 Å². The van der Waals surface area contributed by atoms with Crippen molar-refractivity contribution in [1.29, 1.82) is 0 Å². The Morgan fingerprint density at radius 2 is 1.44 bits per heavy atom. The average Bonchev–Trinajstić information content (AvgIpc) is 3.33. The Morgan fingerprint density at radius 1 is 0.795 bits per heavy atom. The maximum Gasteiger partial charge on any atom is 0.194 e. The van der Waals surface area contributed by atoms with Crippen LogP contribution in [-0.2, 0) is 5.41 Å². The van der Waals surface area contributed by atoms with Crippen LogP contribution in [0.3, 0.4) is 0 Å². The molecule has 0 unspecified atom stereocenters. The maximum atomic E-state index is 5.73. The van der Waals surface area contributed by atoms with E-state index >= 15 is 0 Å². The van der Waals surface area contributed by atoms with E-state index < -0.39 is 0 Å². The van der Waals surface area contributed by atoms with Crippen molar-refractivity contribution >= 4 is 44.8 Å². The van der Waals surface area contributed by atoms with Crippen molar-refractivity contribution in [2.75, 3.05) is 13.2 Å². The van der Waals surface area contributed by atoms with Crippen LogP contribution >= 0.6 is 28.3 Å². The van der Waals surface area contributed by atoms with E-state index in [1.165, 1.54) is 28.5 Å². The number of ether oxygens (including phenoxy) is 2. The molecule has 4 nitrogen and oxygen atoms in total. The Hall–Kier alpha value is -3.35. The highest BCUT2D eigenvalue weighted by Gasteiger charge is 2.43. The standard InChI is InChI=1S/C33H32N2O2S.BrH/c1-3-36-29-16-12-27(13-17-29)34-32-35(28-14-18-30(19-15-28)37-4-2)31(23-38-32)33(20-7-21-33)26-11-10-24-8-5-6-9-25(24)22-26;/h5-6,8-19,22-23H,3-4,7,20-21H2,1-2H3;1H. The largest absolute Gasteiger partial charge is 0.494 e. The first kappa shape index (κ1) is 27.2. The lowest BCUT2D eigenvalue weighted by Gasteiger charge is -2.43. The van der Waals surface area contributed by atoms with Gasteiger partial charge < -0.3 is 9.47 Å². The number of rotatable bonds is 8. The SMILES string of the molecule is Br.CCOc1ccc(N=c2scc(C3(c4ccc5ccccc5c4)CCC3)n2-c2ccc(OCC)cc2)cc1. The molecule has 200 valence electrons. The highest BCUT2D eigenvalue weighted by Crippen LogP contribution is 2.50. The predicted octanol–water partition coefficient (Wildman–Crippen LogP) is 8.77. The van der Waals surface area contributed by atoms with Crippen LogP contribution in [0.15, 0.2) is 101 Å². The molecule has 1 aromatic heterocycles. The first-order valence-corrected chi connectivity index (χ1v) is 14.3. The third-order valence-corrected chi connectivity index (χ3v) is 8.31. The van der Waals surface area contributed by atoms with Crippen LogP contribution in [0.25, 0.3) is 16.5 Å². The number of halogens is 1. The fourth-order valence-corrected chi connectivity index (χ4v) is 6.45. The normalized spacial score (nSPS) is 14.5. The van der Waals surface area contributed by atoms with E-state index in [4.69, 9.17) is 14.5 Å². The number of hydrogen-bond acceptors (Lipinski definition) is 4. The molecule has 0 spiro atoms. The second-order valence-corrected chi connectivity index (χ2v) is 10.5. The Labute approximate surface area is 244 Å². The van der Waals surface area contributed by atoms with Gasteiger partial charge in [-0.3, -0.25) is 4.57 Å². The van der Waals surface area contributed by atoms with Gasteiger partial charge in [-0.15, -0.1) is 28.3 Å². The Morgan fingerprint density at radius 3 is 2.05 bits per heavy atom. The van der Waals surface area contributed by atoms with Crippen molar-refractivity contribution in [3.8, 4) is 17.2 Å². The van der Waals surface area contributed by atoms with Crippen molar-refractivity contribution in [2.24, 2.45) is 4.99 Å². The van der Waals surface area contributed by atoms with Gasteiger partial charge in [0, 0.05) is 22.2 Å². The third kappa shape index (κ3) is 5.28. The van der Waals surface area contributed by atoms with Crippen LogP contribution < -0.4 is 14.3 Å². The molecular formula is C33H33BrN2O2S. The van der Waals surface area contributed by atoms with E-state index in [0.29, 0.717) is 13.2 Å². The summed E-state index contributed by atoms with van der Waals surface area (Å²) in [6.07, 6.45) is 3.47. The minimum Gasteiger partial charge on any atom is -0.494 e. The summed E-state index contributed by atoms with van der Waals surface area (Å²) in [6, 6.07) is 32.0. The molecule has 6 rings (SSSR count). The van der Waals surface area contributed by atoms with Gasteiger partial charge in [0.2, 0.25) is 0 Å². The summed E-state index contributed by atoms with van der Waals surface area (Å²) in [5.74, 6) is 1.74. The zero-order valence-corrected chi connectivity index (χ0v) is 24.8. The lowest BCUT2D eigenvalue weighted by atomic mass is 9.62. The van der Waals surface area contributed by atoms with Crippen molar-refractivity contribution < 1.29 is 9.47 Å². The summed E-state index contributed by atoms with van der Waals surface area (Å²) in [4.78, 5) is 6.07. The number of fused-ring (bicyclic) bond motifs is 1. The van der Waals surface area contributed by atoms with Crippen LogP contribution in [-0.4, -0.2) is 17.8 Å². The summed E-state index contributed by atoms with van der Waals surface area (Å²) in [7, 11) is 0. The van der Waals surface area contributed by atoms with Crippen molar-refractivity contribution in [3.05, 3.63) is 112 Å². The molecule has 0 atom stereocenters. The molecule has 5 aromatic rings. The first-order chi connectivity index (χ1) is 18.7. The minimum absolute atomic E-state index is 0. The maximum absolute atomic E-state index is 5.73. The fourth-order valence-electron chi connectivity index (χ4n) is 5.43. The summed E-state index contributed by atoms with van der Waals surface area (Å²) < 4.78 is 13.7. The van der Waals surface area contributed by atoms with Crippen molar-refractivity contribution in [2.45, 2.75) is 38.5 Å². The van der Waals surface area contributed by atoms with Gasteiger partial charge in [0.15, 0.2) is 4.80 Å². The number of hydrogen-bond donors (Lipinski definition) is 0. The van der Waals surface area contributed by atoms with Crippen LogP contribution in [0, 0.1) is 0 Å². The molecule has 1 aliphatic carbocycles. The molecule has 0 N–H and O–H groups in total. The fraction of sp³-hybridized carbons (Fsp3) is 0.242. The average molecular weight is 602 g/mol. The molecule has 0 aliphatic heterocycles. The summed E-state index contributed by atoms with van der Waals surface area (Å²) >= 11 is 1.70. The van der Waals surface area contributed by atoms with Crippen molar-refractivity contribution in [1.82, 2.24) is 4.57 Å². The second-order valence-electron chi connectivity index (χ2n) is 9.70. The molecule has 1 saturated carbocycles. The topological polar surface area (TPSA) is 35.8 Å². The smallest absolute Gasteiger partial charge is 0.194 e. The monoisotopic (exact) mass is 600 g/mol. The van der Waals surface area contributed by atoms with Gasteiger partial charge in [-0.25, -0.2) is 4.99 Å². The number of nitrogens with zero attached hydrogens (tertiary/aromatic N) is 2. The zero-order chi connectivity index (χ0) is 26.0. The van der Waals surface area contributed by atoms with Crippen LogP contribution in [0.1, 0.15) is 44.4 Å². The summed E-state index contributed by atoms with van der Waals surface area (Å²) in [5.41, 5.74) is 4.66. The lowest BCUT2D eigenvalue weighted by Crippen LogP contribution is -2.38. The lowest BCUT2D eigenvalue weighted by molar-refractivity contribution is 0.290. The van der Waals surface area contributed by atoms with E-state index in [1.807, 2.05) is 38.1 Å². The molecule has 1 fully saturated rings. The van der Waals surface area contributed by atoms with Gasteiger partial charge in [-0.2, -0.15) is 0 Å². The van der Waals surface area contributed by atoms with Gasteiger partial charge in [0.25, 0.3) is 0 Å². The van der Waals surface area contributed by atoms with Gasteiger partial charge in [-0.05, 0) is 91.6 Å². The molecule has 0 amide bonds. The Balaban J connectivity index is 0.00000308. The highest BCUT2D eigenvalue weighted by atomic mass is 79.9. The molecule has 1 heterocycles. The second kappa shape index (κ2) is 11.8. The van der Waals surface area contributed by atoms with E-state index in [1.54, 1.807) is 11.3 Å². The molecule has 6 heteroatoms. The first-order valence-electron chi connectivity index (χ1n) is 13.4. The Kier molecular flexibility index (Phi) is 8.24. The van der Waals surface area contributed by atoms with Gasteiger partial charge in [0.05, 0.1) is 18.9 Å².